The Hall–Kier alpha value is -0.940. The number of hydrogen-bond acceptors (Lipinski definition) is 3. The summed E-state index contributed by atoms with van der Waals surface area (Å²) < 4.78 is 17.8. The van der Waals surface area contributed by atoms with Crippen molar-refractivity contribution < 1.29 is 14.2 Å². The van der Waals surface area contributed by atoms with E-state index in [0.29, 0.717) is 13.2 Å². The number of alkyl halides is 2. The predicted molar refractivity (Wildman–Crippen MR) is 117 cm³/mol. The molecule has 26 heavy (non-hydrogen) atoms. The van der Waals surface area contributed by atoms with Crippen molar-refractivity contribution in [3.8, 4) is 17.2 Å². The Balaban J connectivity index is 2.14. The van der Waals surface area contributed by atoms with E-state index in [1.165, 1.54) is 12.8 Å². The minimum atomic E-state index is 0.695. The van der Waals surface area contributed by atoms with Crippen LogP contribution in [-0.2, 0) is 0 Å². The molecule has 0 saturated carbocycles. The molecule has 0 bridgehead atoms. The van der Waals surface area contributed by atoms with Crippen LogP contribution in [-0.4, -0.2) is 31.0 Å². The highest BCUT2D eigenvalue weighted by Gasteiger charge is 2.15. The standard InChI is InChI=1S/C21H28Br2O3/c1-24-20-16-19(25-14-8-2-6-12-22)17-10-4-5-11-18(17)21(20)26-15-9-3-7-13-23/h4-5,10-11,16H,2-3,6-9,12-15H2,1H3. The van der Waals surface area contributed by atoms with Gasteiger partial charge in [-0.25, -0.2) is 0 Å². The number of halogens is 2. The average molecular weight is 488 g/mol. The van der Waals surface area contributed by atoms with Crippen LogP contribution < -0.4 is 14.2 Å². The molecule has 0 amide bonds. The van der Waals surface area contributed by atoms with Crippen molar-refractivity contribution in [2.75, 3.05) is 31.0 Å². The third kappa shape index (κ3) is 6.34. The monoisotopic (exact) mass is 486 g/mol. The molecule has 0 aromatic heterocycles. The van der Waals surface area contributed by atoms with Crippen LogP contribution in [0.3, 0.4) is 0 Å². The van der Waals surface area contributed by atoms with Crippen molar-refractivity contribution in [1.82, 2.24) is 0 Å². The van der Waals surface area contributed by atoms with Crippen LogP contribution in [0, 0.1) is 0 Å². The molecule has 0 heterocycles. The number of benzene rings is 2. The lowest BCUT2D eigenvalue weighted by molar-refractivity contribution is 0.284. The summed E-state index contributed by atoms with van der Waals surface area (Å²) in [4.78, 5) is 0. The van der Waals surface area contributed by atoms with Gasteiger partial charge < -0.3 is 14.2 Å². The summed E-state index contributed by atoms with van der Waals surface area (Å²) in [7, 11) is 1.68. The summed E-state index contributed by atoms with van der Waals surface area (Å²) in [5, 5.41) is 4.21. The molecule has 2 aromatic carbocycles. The maximum Gasteiger partial charge on any atom is 0.169 e. The maximum absolute atomic E-state index is 6.10. The van der Waals surface area contributed by atoms with Crippen molar-refractivity contribution in [1.29, 1.82) is 0 Å². The van der Waals surface area contributed by atoms with Gasteiger partial charge in [0.2, 0.25) is 0 Å². The van der Waals surface area contributed by atoms with Crippen LogP contribution in [0.5, 0.6) is 17.2 Å². The first-order valence-corrected chi connectivity index (χ1v) is 11.5. The molecule has 0 saturated heterocycles. The van der Waals surface area contributed by atoms with E-state index in [9.17, 15) is 0 Å². The molecule has 0 aliphatic heterocycles. The van der Waals surface area contributed by atoms with E-state index in [4.69, 9.17) is 14.2 Å². The van der Waals surface area contributed by atoms with Gasteiger partial charge >= 0.3 is 0 Å². The van der Waals surface area contributed by atoms with Gasteiger partial charge in [0.15, 0.2) is 11.5 Å². The summed E-state index contributed by atoms with van der Waals surface area (Å²) in [5.74, 6) is 2.41. The second kappa shape index (κ2) is 12.4. The summed E-state index contributed by atoms with van der Waals surface area (Å²) >= 11 is 6.93. The Labute approximate surface area is 173 Å². The molecule has 0 unspecified atom stereocenters. The van der Waals surface area contributed by atoms with E-state index in [2.05, 4.69) is 44.0 Å². The van der Waals surface area contributed by atoms with Crippen molar-refractivity contribution in [3.05, 3.63) is 30.3 Å². The lowest BCUT2D eigenvalue weighted by Crippen LogP contribution is -2.03. The van der Waals surface area contributed by atoms with E-state index in [1.807, 2.05) is 18.2 Å². The summed E-state index contributed by atoms with van der Waals surface area (Å²) in [5.41, 5.74) is 0. The largest absolute Gasteiger partial charge is 0.493 e. The van der Waals surface area contributed by atoms with Gasteiger partial charge in [-0.1, -0.05) is 56.1 Å². The molecule has 0 spiro atoms. The quantitative estimate of drug-likeness (QED) is 0.231. The Morgan fingerprint density at radius 3 is 1.96 bits per heavy atom. The fraction of sp³-hybridized carbons (Fsp3) is 0.524. The van der Waals surface area contributed by atoms with Gasteiger partial charge in [0.25, 0.3) is 0 Å². The van der Waals surface area contributed by atoms with Gasteiger partial charge in [-0.3, -0.25) is 0 Å². The van der Waals surface area contributed by atoms with E-state index >= 15 is 0 Å². The number of rotatable bonds is 13. The summed E-state index contributed by atoms with van der Waals surface area (Å²) in [6, 6.07) is 10.2. The maximum atomic E-state index is 6.10. The number of methoxy groups -OCH3 is 1. The zero-order valence-corrected chi connectivity index (χ0v) is 18.6. The van der Waals surface area contributed by atoms with E-state index in [0.717, 1.165) is 64.4 Å². The van der Waals surface area contributed by atoms with Crippen molar-refractivity contribution in [3.63, 3.8) is 0 Å². The van der Waals surface area contributed by atoms with Gasteiger partial charge in [0.05, 0.1) is 20.3 Å². The molecule has 0 atom stereocenters. The van der Waals surface area contributed by atoms with Crippen LogP contribution in [0.25, 0.3) is 10.8 Å². The van der Waals surface area contributed by atoms with Crippen LogP contribution in [0.4, 0.5) is 0 Å². The third-order valence-electron chi connectivity index (χ3n) is 4.20. The molecule has 0 radical (unpaired) electrons. The third-order valence-corrected chi connectivity index (χ3v) is 5.32. The molecule has 0 aliphatic carbocycles. The number of fused-ring (bicyclic) bond motifs is 1. The van der Waals surface area contributed by atoms with Gasteiger partial charge in [0, 0.05) is 27.5 Å². The Kier molecular flexibility index (Phi) is 10.2. The second-order valence-electron chi connectivity index (χ2n) is 6.15. The van der Waals surface area contributed by atoms with Crippen LogP contribution in [0.2, 0.25) is 0 Å². The Morgan fingerprint density at radius 2 is 1.35 bits per heavy atom. The molecule has 2 rings (SSSR count). The number of unbranched alkanes of at least 4 members (excludes halogenated alkanes) is 4. The van der Waals surface area contributed by atoms with E-state index in [-0.39, 0.29) is 0 Å². The highest BCUT2D eigenvalue weighted by atomic mass is 79.9. The van der Waals surface area contributed by atoms with Gasteiger partial charge in [-0.05, 0) is 38.5 Å². The predicted octanol–water partition coefficient (Wildman–Crippen LogP) is 6.74. The van der Waals surface area contributed by atoms with Crippen molar-refractivity contribution in [2.45, 2.75) is 38.5 Å². The van der Waals surface area contributed by atoms with Crippen molar-refractivity contribution in [2.24, 2.45) is 0 Å². The topological polar surface area (TPSA) is 27.7 Å². The lowest BCUT2D eigenvalue weighted by Gasteiger charge is -2.17. The number of ether oxygens (including phenoxy) is 3. The highest BCUT2D eigenvalue weighted by Crippen LogP contribution is 2.41. The molecular formula is C21H28Br2O3. The van der Waals surface area contributed by atoms with E-state index < -0.39 is 0 Å². The van der Waals surface area contributed by atoms with E-state index in [1.54, 1.807) is 7.11 Å². The fourth-order valence-electron chi connectivity index (χ4n) is 2.81. The molecule has 144 valence electrons. The zero-order valence-electron chi connectivity index (χ0n) is 15.4. The molecule has 3 nitrogen and oxygen atoms in total. The minimum absolute atomic E-state index is 0.695. The Morgan fingerprint density at radius 1 is 0.731 bits per heavy atom. The zero-order chi connectivity index (χ0) is 18.6. The van der Waals surface area contributed by atoms with Gasteiger partial charge in [-0.15, -0.1) is 0 Å². The van der Waals surface area contributed by atoms with Crippen molar-refractivity contribution >= 4 is 42.6 Å². The average Bonchev–Trinajstić information content (AvgIpc) is 2.68. The Bertz CT molecular complexity index is 661. The smallest absolute Gasteiger partial charge is 0.169 e. The lowest BCUT2D eigenvalue weighted by atomic mass is 10.1. The molecule has 0 N–H and O–H groups in total. The van der Waals surface area contributed by atoms with Crippen LogP contribution in [0.1, 0.15) is 38.5 Å². The first-order valence-electron chi connectivity index (χ1n) is 9.29. The molecule has 0 aliphatic rings. The summed E-state index contributed by atoms with van der Waals surface area (Å²) in [6.45, 7) is 1.41. The molecule has 5 heteroatoms. The number of hydrogen-bond donors (Lipinski definition) is 0. The van der Waals surface area contributed by atoms with Crippen LogP contribution in [0.15, 0.2) is 30.3 Å². The van der Waals surface area contributed by atoms with Gasteiger partial charge in [-0.2, -0.15) is 0 Å². The fourth-order valence-corrected chi connectivity index (χ4v) is 3.61. The first-order chi connectivity index (χ1) is 12.8. The molecule has 0 fully saturated rings. The first kappa shape index (κ1) is 21.4. The SMILES string of the molecule is COc1cc(OCCCCCBr)c2ccccc2c1OCCCCCBr. The summed E-state index contributed by atoms with van der Waals surface area (Å²) in [6.07, 6.45) is 6.75. The molecule has 2 aromatic rings. The highest BCUT2D eigenvalue weighted by molar-refractivity contribution is 9.09. The molecular weight excluding hydrogens is 460 g/mol. The van der Waals surface area contributed by atoms with Crippen LogP contribution >= 0.6 is 31.9 Å². The second-order valence-corrected chi connectivity index (χ2v) is 7.73. The minimum Gasteiger partial charge on any atom is -0.493 e. The van der Waals surface area contributed by atoms with Gasteiger partial charge in [0.1, 0.15) is 5.75 Å². The normalized spacial score (nSPS) is 10.9.